The van der Waals surface area contributed by atoms with Crippen molar-refractivity contribution in [2.45, 2.75) is 47.6 Å². The first-order chi connectivity index (χ1) is 12.4. The predicted octanol–water partition coefficient (Wildman–Crippen LogP) is 0.290. The van der Waals surface area contributed by atoms with Gasteiger partial charge in [-0.2, -0.15) is 21.8 Å². The molecule has 1 aromatic carbocycles. The number of aliphatic imine (C=N–C) groups is 2. The average Bonchev–Trinajstić information content (AvgIpc) is 2.52. The summed E-state index contributed by atoms with van der Waals surface area (Å²) >= 11 is 0. The smallest absolute Gasteiger partial charge is 0.296 e. The molecule has 1 spiro atoms. The number of rotatable bonds is 3. The van der Waals surface area contributed by atoms with E-state index in [0.29, 0.717) is 12.8 Å². The molecule has 1 aliphatic heterocycles. The Bertz CT molecular complexity index is 1040. The highest BCUT2D eigenvalue weighted by Gasteiger charge is 2.44. The predicted molar refractivity (Wildman–Crippen MR) is 97.6 cm³/mol. The van der Waals surface area contributed by atoms with E-state index in [1.54, 1.807) is 0 Å². The zero-order valence-corrected chi connectivity index (χ0v) is 15.7. The molecular weight excluding hydrogens is 398 g/mol. The van der Waals surface area contributed by atoms with E-state index in [-0.39, 0.29) is 17.6 Å². The first-order valence-electron chi connectivity index (χ1n) is 8.03. The number of anilines is 1. The molecule has 2 aliphatic rings. The van der Waals surface area contributed by atoms with E-state index in [4.69, 9.17) is 11.5 Å². The molecule has 0 unspecified atom stereocenters. The highest BCUT2D eigenvalue weighted by Crippen LogP contribution is 2.42. The van der Waals surface area contributed by atoms with E-state index >= 15 is 0 Å². The van der Waals surface area contributed by atoms with Crippen molar-refractivity contribution in [2.75, 3.05) is 4.90 Å². The maximum absolute atomic E-state index is 11.9. The zero-order valence-electron chi connectivity index (χ0n) is 14.1. The molecule has 6 N–H and O–H groups in total. The van der Waals surface area contributed by atoms with Crippen LogP contribution in [-0.4, -0.2) is 43.5 Å². The molecule has 1 saturated carbocycles. The maximum Gasteiger partial charge on any atom is 0.296 e. The molecule has 11 nitrogen and oxygen atoms in total. The van der Waals surface area contributed by atoms with Crippen LogP contribution in [0.4, 0.5) is 5.69 Å². The number of hydrogen-bond acceptors (Lipinski definition) is 9. The second-order valence-corrected chi connectivity index (χ2v) is 9.21. The van der Waals surface area contributed by atoms with Gasteiger partial charge < -0.3 is 11.5 Å². The van der Waals surface area contributed by atoms with Crippen molar-refractivity contribution < 1.29 is 25.9 Å². The van der Waals surface area contributed by atoms with Crippen LogP contribution in [0.3, 0.4) is 0 Å². The van der Waals surface area contributed by atoms with Gasteiger partial charge >= 0.3 is 0 Å². The lowest BCUT2D eigenvalue weighted by Crippen LogP contribution is -2.58. The van der Waals surface area contributed by atoms with Crippen LogP contribution in [0.25, 0.3) is 0 Å². The minimum Gasteiger partial charge on any atom is -0.369 e. The minimum absolute atomic E-state index is 0.0787. The highest BCUT2D eigenvalue weighted by molar-refractivity contribution is 7.86. The van der Waals surface area contributed by atoms with Crippen LogP contribution in [0.5, 0.6) is 0 Å². The summed E-state index contributed by atoms with van der Waals surface area (Å²) in [7, 11) is -9.39. The van der Waals surface area contributed by atoms with Gasteiger partial charge in [-0.25, -0.2) is 4.99 Å². The van der Waals surface area contributed by atoms with Crippen LogP contribution >= 0.6 is 0 Å². The van der Waals surface area contributed by atoms with Crippen molar-refractivity contribution >= 4 is 37.8 Å². The molecule has 13 heteroatoms. The normalized spacial score (nSPS) is 20.3. The van der Waals surface area contributed by atoms with Crippen LogP contribution in [0.15, 0.2) is 38.0 Å². The molecule has 3 rings (SSSR count). The van der Waals surface area contributed by atoms with Crippen LogP contribution in [-0.2, 0) is 20.2 Å². The van der Waals surface area contributed by atoms with E-state index < -0.39 is 35.7 Å². The number of benzene rings is 1. The van der Waals surface area contributed by atoms with Crippen molar-refractivity contribution in [3.63, 3.8) is 0 Å². The average molecular weight is 417 g/mol. The molecule has 1 fully saturated rings. The van der Waals surface area contributed by atoms with Crippen LogP contribution in [0.2, 0.25) is 0 Å². The lowest BCUT2D eigenvalue weighted by molar-refractivity contribution is 0.304. The summed E-state index contributed by atoms with van der Waals surface area (Å²) in [5, 5.41) is 0. The largest absolute Gasteiger partial charge is 0.369 e. The first-order valence-corrected chi connectivity index (χ1v) is 10.9. The van der Waals surface area contributed by atoms with Gasteiger partial charge in [-0.15, -0.1) is 0 Å². The summed E-state index contributed by atoms with van der Waals surface area (Å²) in [6, 6.07) is 2.65. The molecule has 0 atom stereocenters. The summed E-state index contributed by atoms with van der Waals surface area (Å²) in [6.45, 7) is 0. The Kier molecular flexibility index (Phi) is 4.66. The second kappa shape index (κ2) is 6.44. The molecular formula is C14H19N5O6S2. The summed E-state index contributed by atoms with van der Waals surface area (Å²) < 4.78 is 65.8. The molecule has 27 heavy (non-hydrogen) atoms. The van der Waals surface area contributed by atoms with Crippen LogP contribution in [0, 0.1) is 0 Å². The molecule has 0 radical (unpaired) electrons. The van der Waals surface area contributed by atoms with Crippen LogP contribution < -0.4 is 16.4 Å². The minimum atomic E-state index is -4.75. The Balaban J connectivity index is 2.30. The second-order valence-electron chi connectivity index (χ2n) is 6.40. The Morgan fingerprint density at radius 3 is 2.19 bits per heavy atom. The molecule has 0 saturated heterocycles. The Morgan fingerprint density at radius 1 is 1.00 bits per heavy atom. The quantitative estimate of drug-likeness (QED) is 0.501. The third-order valence-electron chi connectivity index (χ3n) is 4.60. The third-order valence-corrected chi connectivity index (χ3v) is 6.35. The molecule has 1 aliphatic carbocycles. The molecule has 0 aromatic heterocycles. The van der Waals surface area contributed by atoms with Gasteiger partial charge in [0.2, 0.25) is 11.9 Å². The Labute approximate surface area is 156 Å². The molecule has 0 bridgehead atoms. The van der Waals surface area contributed by atoms with E-state index in [2.05, 4.69) is 9.98 Å². The third kappa shape index (κ3) is 3.63. The fraction of sp³-hybridized carbons (Fsp3) is 0.429. The van der Waals surface area contributed by atoms with Crippen molar-refractivity contribution in [3.05, 3.63) is 18.2 Å². The standard InChI is InChI=1S/C14H19N5O6S2/c15-12-17-13(16)19(14(18-12)6-2-1-3-7-14)10-8-9(26(20,21)22)4-5-11(10)27(23,24)25/h4-5,8H,1-3,6-7H2,(H,20,21,22)(H,23,24,25)(H4,15,16,17,18). The van der Waals surface area contributed by atoms with Gasteiger partial charge in [0.05, 0.1) is 10.6 Å². The van der Waals surface area contributed by atoms with Crippen molar-refractivity contribution in [1.82, 2.24) is 0 Å². The molecule has 1 heterocycles. The summed E-state index contributed by atoms with van der Waals surface area (Å²) in [6.07, 6.45) is 3.35. The topological polar surface area (TPSA) is 189 Å². The first kappa shape index (κ1) is 19.5. The van der Waals surface area contributed by atoms with Crippen molar-refractivity contribution in [2.24, 2.45) is 21.5 Å². The van der Waals surface area contributed by atoms with E-state index in [0.717, 1.165) is 37.5 Å². The highest BCUT2D eigenvalue weighted by atomic mass is 32.2. The van der Waals surface area contributed by atoms with Gasteiger partial charge in [-0.1, -0.05) is 6.42 Å². The molecule has 148 valence electrons. The fourth-order valence-corrected chi connectivity index (χ4v) is 4.68. The van der Waals surface area contributed by atoms with Gasteiger partial charge in [0.15, 0.2) is 0 Å². The lowest BCUT2D eigenvalue weighted by Gasteiger charge is -2.46. The van der Waals surface area contributed by atoms with Gasteiger partial charge in [0.25, 0.3) is 20.2 Å². The fourth-order valence-electron chi connectivity index (χ4n) is 3.52. The number of hydrogen-bond donors (Lipinski definition) is 4. The molecule has 0 amide bonds. The SMILES string of the molecule is NC1=NC2(CCCCC2)N(c2cc(S(=O)(=O)O)ccc2S(=O)(=O)O)C(N)=N1. The lowest BCUT2D eigenvalue weighted by atomic mass is 9.87. The summed E-state index contributed by atoms with van der Waals surface area (Å²) in [5.74, 6) is -0.272. The zero-order chi connectivity index (χ0) is 20.0. The number of guanidine groups is 2. The Hall–Kier alpha value is -2.22. The van der Waals surface area contributed by atoms with Crippen molar-refractivity contribution in [1.29, 1.82) is 0 Å². The van der Waals surface area contributed by atoms with Crippen LogP contribution in [0.1, 0.15) is 32.1 Å². The summed E-state index contributed by atoms with van der Waals surface area (Å²) in [5.41, 5.74) is 10.4. The summed E-state index contributed by atoms with van der Waals surface area (Å²) in [4.78, 5) is 8.34. The Morgan fingerprint density at radius 2 is 1.63 bits per heavy atom. The van der Waals surface area contributed by atoms with E-state index in [1.807, 2.05) is 0 Å². The van der Waals surface area contributed by atoms with Gasteiger partial charge in [0, 0.05) is 0 Å². The van der Waals surface area contributed by atoms with Gasteiger partial charge in [-0.3, -0.25) is 14.0 Å². The number of nitrogens with two attached hydrogens (primary N) is 2. The number of nitrogens with zero attached hydrogens (tertiary/aromatic N) is 3. The monoisotopic (exact) mass is 417 g/mol. The van der Waals surface area contributed by atoms with Gasteiger partial charge in [-0.05, 0) is 43.9 Å². The molecule has 1 aromatic rings. The van der Waals surface area contributed by atoms with Gasteiger partial charge in [0.1, 0.15) is 10.6 Å². The van der Waals surface area contributed by atoms with E-state index in [9.17, 15) is 25.9 Å². The van der Waals surface area contributed by atoms with Crippen molar-refractivity contribution in [3.8, 4) is 0 Å². The maximum atomic E-state index is 11.9. The van der Waals surface area contributed by atoms with E-state index in [1.165, 1.54) is 4.90 Å².